The van der Waals surface area contributed by atoms with E-state index in [-0.39, 0.29) is 6.04 Å². The smallest absolute Gasteiger partial charge is 0.0453 e. The molecule has 0 saturated carbocycles. The van der Waals surface area contributed by atoms with E-state index in [4.69, 9.17) is 10.7 Å². The van der Waals surface area contributed by atoms with Gasteiger partial charge in [-0.25, -0.2) is 0 Å². The van der Waals surface area contributed by atoms with Gasteiger partial charge in [0.1, 0.15) is 0 Å². The summed E-state index contributed by atoms with van der Waals surface area (Å²) in [6, 6.07) is 15.9. The van der Waals surface area contributed by atoms with Crippen LogP contribution in [0.4, 0.5) is 0 Å². The first-order valence-corrected chi connectivity index (χ1v) is 14.7. The van der Waals surface area contributed by atoms with E-state index < -0.39 is 0 Å². The van der Waals surface area contributed by atoms with Crippen molar-refractivity contribution in [3.05, 3.63) is 101 Å². The Kier molecular flexibility index (Phi) is 18.0. The number of nitrogens with two attached hydrogens (primary N) is 1. The fraction of sp³-hybridized carbons (Fsp3) is 0.500. The van der Waals surface area contributed by atoms with Crippen LogP contribution in [0, 0.1) is 12.8 Å². The van der Waals surface area contributed by atoms with Crippen LogP contribution in [0.15, 0.2) is 78.9 Å². The molecule has 1 aromatic heterocycles. The number of pyridine rings is 1. The van der Waals surface area contributed by atoms with Crippen LogP contribution in [-0.2, 0) is 12.8 Å². The van der Waals surface area contributed by atoms with Gasteiger partial charge in [-0.1, -0.05) is 94.5 Å². The molecule has 210 valence electrons. The maximum absolute atomic E-state index is 6.14. The Balaban J connectivity index is 0.000000366. The van der Waals surface area contributed by atoms with Gasteiger partial charge in [0, 0.05) is 36.4 Å². The van der Waals surface area contributed by atoms with Crippen LogP contribution < -0.4 is 16.4 Å². The van der Waals surface area contributed by atoms with Gasteiger partial charge < -0.3 is 16.4 Å². The summed E-state index contributed by atoms with van der Waals surface area (Å²) in [5.74, 6) is 0.504. The highest BCUT2D eigenvalue weighted by atomic mass is 15.0. The number of nitrogens with zero attached hydrogens (tertiary/aromatic N) is 1. The highest BCUT2D eigenvalue weighted by Crippen LogP contribution is 2.17. The van der Waals surface area contributed by atoms with Gasteiger partial charge >= 0.3 is 0 Å². The summed E-state index contributed by atoms with van der Waals surface area (Å²) in [5.41, 5.74) is 12.5. The van der Waals surface area contributed by atoms with Crippen molar-refractivity contribution in [2.75, 3.05) is 19.6 Å². The molecule has 4 nitrogen and oxygen atoms in total. The van der Waals surface area contributed by atoms with Crippen molar-refractivity contribution < 1.29 is 0 Å². The maximum Gasteiger partial charge on any atom is 0.0453 e. The van der Waals surface area contributed by atoms with Gasteiger partial charge in [0.15, 0.2) is 0 Å². The Morgan fingerprint density at radius 2 is 1.76 bits per heavy atom. The first kappa shape index (κ1) is 33.5. The molecule has 2 fully saturated rings. The Hall–Kier alpha value is -2.53. The normalized spacial score (nSPS) is 20.5. The summed E-state index contributed by atoms with van der Waals surface area (Å²) in [4.78, 5) is 4.84. The quantitative estimate of drug-likeness (QED) is 0.331. The van der Waals surface area contributed by atoms with Crippen molar-refractivity contribution in [2.45, 2.75) is 85.7 Å². The largest absolute Gasteiger partial charge is 0.326 e. The van der Waals surface area contributed by atoms with Gasteiger partial charge in [-0.3, -0.25) is 4.98 Å². The summed E-state index contributed by atoms with van der Waals surface area (Å²) in [7, 11) is 0. The number of aromatic nitrogens is 1. The van der Waals surface area contributed by atoms with E-state index in [1.54, 1.807) is 6.08 Å². The topological polar surface area (TPSA) is 63.0 Å². The maximum atomic E-state index is 6.14. The molecule has 1 aromatic carbocycles. The van der Waals surface area contributed by atoms with Crippen LogP contribution in [0.25, 0.3) is 0 Å². The highest BCUT2D eigenvalue weighted by molar-refractivity contribution is 5.26. The SMILES string of the molecule is C=C/C=C\C=C(/C)CC1CCCN1.CC.CC.Cc1cc(Cc2ccccc2)nc(CC2CNCC2N)c1. The lowest BCUT2D eigenvalue weighted by Crippen LogP contribution is -2.30. The van der Waals surface area contributed by atoms with Crippen LogP contribution in [-0.4, -0.2) is 36.7 Å². The average molecular weight is 519 g/mol. The molecule has 4 N–H and O–H groups in total. The second kappa shape index (κ2) is 20.4. The Bertz CT molecular complexity index is 942. The van der Waals surface area contributed by atoms with Crippen LogP contribution >= 0.6 is 0 Å². The van der Waals surface area contributed by atoms with Crippen molar-refractivity contribution in [3.63, 3.8) is 0 Å². The number of rotatable bonds is 8. The van der Waals surface area contributed by atoms with Crippen molar-refractivity contribution >= 4 is 0 Å². The van der Waals surface area contributed by atoms with E-state index >= 15 is 0 Å². The van der Waals surface area contributed by atoms with Gasteiger partial charge in [-0.15, -0.1) is 0 Å². The Morgan fingerprint density at radius 1 is 1.05 bits per heavy atom. The molecule has 0 amide bonds. The van der Waals surface area contributed by atoms with Crippen LogP contribution in [0.3, 0.4) is 0 Å². The predicted octanol–water partition coefficient (Wildman–Crippen LogP) is 6.94. The molecule has 3 unspecified atom stereocenters. The van der Waals surface area contributed by atoms with Crippen LogP contribution in [0.2, 0.25) is 0 Å². The molecule has 2 saturated heterocycles. The van der Waals surface area contributed by atoms with Crippen molar-refractivity contribution in [3.8, 4) is 0 Å². The van der Waals surface area contributed by atoms with E-state index in [2.05, 4.69) is 79.6 Å². The number of aryl methyl sites for hydroxylation is 1. The monoisotopic (exact) mass is 518 g/mol. The fourth-order valence-corrected chi connectivity index (χ4v) is 4.75. The zero-order valence-electron chi connectivity index (χ0n) is 25.0. The zero-order valence-corrected chi connectivity index (χ0v) is 25.0. The molecule has 3 heterocycles. The number of nitrogens with one attached hydrogen (secondary N) is 2. The summed E-state index contributed by atoms with van der Waals surface area (Å²) in [6.07, 6.45) is 13.7. The molecular formula is C34H54N4. The molecule has 2 aromatic rings. The average Bonchev–Trinajstić information content (AvgIpc) is 3.59. The lowest BCUT2D eigenvalue weighted by molar-refractivity contribution is 0.505. The molecule has 0 bridgehead atoms. The molecule has 4 heteroatoms. The van der Waals surface area contributed by atoms with Crippen molar-refractivity contribution in [1.82, 2.24) is 15.6 Å². The van der Waals surface area contributed by atoms with Gasteiger partial charge in [-0.05, 0) is 81.8 Å². The third-order valence-corrected chi connectivity index (χ3v) is 6.53. The van der Waals surface area contributed by atoms with Crippen molar-refractivity contribution in [1.29, 1.82) is 0 Å². The molecule has 4 rings (SSSR count). The van der Waals surface area contributed by atoms with Crippen LogP contribution in [0.5, 0.6) is 0 Å². The lowest BCUT2D eigenvalue weighted by atomic mass is 9.97. The van der Waals surface area contributed by atoms with Gasteiger partial charge in [-0.2, -0.15) is 0 Å². The third-order valence-electron chi connectivity index (χ3n) is 6.53. The van der Waals surface area contributed by atoms with E-state index in [0.29, 0.717) is 12.0 Å². The van der Waals surface area contributed by atoms with Gasteiger partial charge in [0.05, 0.1) is 0 Å². The molecule has 0 spiro atoms. The lowest BCUT2D eigenvalue weighted by Gasteiger charge is -2.14. The Morgan fingerprint density at radius 3 is 2.37 bits per heavy atom. The number of hydrogen-bond acceptors (Lipinski definition) is 4. The first-order chi connectivity index (χ1) is 18.5. The summed E-state index contributed by atoms with van der Waals surface area (Å²) >= 11 is 0. The summed E-state index contributed by atoms with van der Waals surface area (Å²) in [5, 5.41) is 6.85. The zero-order chi connectivity index (χ0) is 28.2. The second-order valence-corrected chi connectivity index (χ2v) is 9.71. The third kappa shape index (κ3) is 13.3. The molecule has 0 aliphatic carbocycles. The number of allylic oxidation sites excluding steroid dienone is 4. The number of hydrogen-bond donors (Lipinski definition) is 3. The standard InChI is InChI=1S/C18H23N3.C12H19N.2C2H6/c1-13-7-16(9-14-5-3-2-4-6-14)21-17(8-13)10-15-11-20-12-18(15)19;1-3-4-5-7-11(2)10-12-8-6-9-13-12;2*1-2/h2-8,15,18,20H,9-12,19H2,1H3;3-5,7,12-13H,1,6,8-10H2,2H3;2*1-2H3/b;5-4-,11-7+;;. The van der Waals surface area contributed by atoms with Gasteiger partial charge in [0.25, 0.3) is 0 Å². The minimum absolute atomic E-state index is 0.255. The molecular weight excluding hydrogens is 464 g/mol. The molecule has 2 aliphatic heterocycles. The summed E-state index contributed by atoms with van der Waals surface area (Å²) in [6.45, 7) is 19.1. The fourth-order valence-electron chi connectivity index (χ4n) is 4.75. The molecule has 0 radical (unpaired) electrons. The van der Waals surface area contributed by atoms with E-state index in [9.17, 15) is 0 Å². The minimum Gasteiger partial charge on any atom is -0.326 e. The van der Waals surface area contributed by atoms with Crippen molar-refractivity contribution in [2.24, 2.45) is 11.7 Å². The molecule has 2 aliphatic rings. The molecule has 38 heavy (non-hydrogen) atoms. The highest BCUT2D eigenvalue weighted by Gasteiger charge is 2.24. The summed E-state index contributed by atoms with van der Waals surface area (Å²) < 4.78 is 0. The second-order valence-electron chi connectivity index (χ2n) is 9.71. The predicted molar refractivity (Wildman–Crippen MR) is 168 cm³/mol. The number of benzene rings is 1. The van der Waals surface area contributed by atoms with E-state index in [1.165, 1.54) is 48.2 Å². The van der Waals surface area contributed by atoms with Gasteiger partial charge in [0.2, 0.25) is 0 Å². The van der Waals surface area contributed by atoms with E-state index in [1.807, 2.05) is 39.8 Å². The van der Waals surface area contributed by atoms with E-state index in [0.717, 1.165) is 31.6 Å². The first-order valence-electron chi connectivity index (χ1n) is 14.7. The minimum atomic E-state index is 0.255. The Labute approximate surface area is 233 Å². The van der Waals surface area contributed by atoms with Crippen LogP contribution in [0.1, 0.15) is 76.4 Å². The molecule has 3 atom stereocenters.